The summed E-state index contributed by atoms with van der Waals surface area (Å²) in [5, 5.41) is 2.82. The minimum Gasteiger partial charge on any atom is -0.493 e. The van der Waals surface area contributed by atoms with E-state index in [0.717, 1.165) is 16.9 Å². The van der Waals surface area contributed by atoms with Crippen molar-refractivity contribution in [3.8, 4) is 5.75 Å². The summed E-state index contributed by atoms with van der Waals surface area (Å²) in [4.78, 5) is 12.2. The molecular weight excluding hydrogens is 376 g/mol. The summed E-state index contributed by atoms with van der Waals surface area (Å²) in [5.41, 5.74) is 1.94. The van der Waals surface area contributed by atoms with Gasteiger partial charge in [-0.2, -0.15) is 4.31 Å². The number of carbonyl (C=O) groups is 1. The molecule has 0 bridgehead atoms. The van der Waals surface area contributed by atoms with E-state index in [1.54, 1.807) is 24.3 Å². The molecule has 0 radical (unpaired) electrons. The zero-order chi connectivity index (χ0) is 20.6. The first kappa shape index (κ1) is 21.9. The first-order chi connectivity index (χ1) is 13.4. The number of sulfonamides is 1. The summed E-state index contributed by atoms with van der Waals surface area (Å²) in [6.45, 7) is 7.12. The zero-order valence-corrected chi connectivity index (χ0v) is 17.5. The lowest BCUT2D eigenvalue weighted by molar-refractivity contribution is -0.121. The summed E-state index contributed by atoms with van der Waals surface area (Å²) in [6, 6.07) is 14.3. The van der Waals surface area contributed by atoms with Gasteiger partial charge in [0, 0.05) is 19.6 Å². The van der Waals surface area contributed by atoms with Crippen molar-refractivity contribution in [1.82, 2.24) is 9.62 Å². The van der Waals surface area contributed by atoms with Gasteiger partial charge < -0.3 is 10.1 Å². The normalized spacial score (nSPS) is 11.4. The van der Waals surface area contributed by atoms with Crippen LogP contribution in [0.1, 0.15) is 31.4 Å². The Morgan fingerprint density at radius 1 is 1.07 bits per heavy atom. The minimum absolute atomic E-state index is 0.118. The Morgan fingerprint density at radius 3 is 2.36 bits per heavy atom. The average molecular weight is 405 g/mol. The average Bonchev–Trinajstić information content (AvgIpc) is 2.67. The second-order valence-corrected chi connectivity index (χ2v) is 8.36. The first-order valence-electron chi connectivity index (χ1n) is 9.42. The van der Waals surface area contributed by atoms with E-state index >= 15 is 0 Å². The molecule has 0 fully saturated rings. The van der Waals surface area contributed by atoms with Crippen LogP contribution in [0.2, 0.25) is 0 Å². The third-order valence-electron chi connectivity index (χ3n) is 4.34. The van der Waals surface area contributed by atoms with Crippen LogP contribution in [0.15, 0.2) is 53.4 Å². The third-order valence-corrected chi connectivity index (χ3v) is 6.41. The lowest BCUT2D eigenvalue weighted by Gasteiger charge is -2.18. The predicted molar refractivity (Wildman–Crippen MR) is 110 cm³/mol. The van der Waals surface area contributed by atoms with E-state index in [9.17, 15) is 13.2 Å². The molecule has 0 saturated heterocycles. The Labute approximate surface area is 167 Å². The fourth-order valence-electron chi connectivity index (χ4n) is 2.75. The molecular formula is C21H28N2O4S. The molecule has 2 aromatic rings. The summed E-state index contributed by atoms with van der Waals surface area (Å²) >= 11 is 0. The van der Waals surface area contributed by atoms with E-state index in [4.69, 9.17) is 4.74 Å². The predicted octanol–water partition coefficient (Wildman–Crippen LogP) is 3.11. The fourth-order valence-corrected chi connectivity index (χ4v) is 4.21. The number of hydrogen-bond donors (Lipinski definition) is 1. The molecule has 0 spiro atoms. The van der Waals surface area contributed by atoms with Crippen molar-refractivity contribution in [3.05, 3.63) is 59.7 Å². The molecule has 0 aliphatic heterocycles. The van der Waals surface area contributed by atoms with Crippen molar-refractivity contribution in [2.24, 2.45) is 0 Å². The van der Waals surface area contributed by atoms with Gasteiger partial charge in [0.1, 0.15) is 5.75 Å². The van der Waals surface area contributed by atoms with E-state index in [1.165, 1.54) is 4.31 Å². The van der Waals surface area contributed by atoms with Crippen LogP contribution in [0.3, 0.4) is 0 Å². The number of rotatable bonds is 10. The molecule has 6 nitrogen and oxygen atoms in total. The summed E-state index contributed by atoms with van der Waals surface area (Å²) in [7, 11) is -3.46. The highest BCUT2D eigenvalue weighted by Crippen LogP contribution is 2.16. The summed E-state index contributed by atoms with van der Waals surface area (Å²) in [5.74, 6) is 0.630. The molecule has 0 atom stereocenters. The van der Waals surface area contributed by atoms with Gasteiger partial charge in [0.25, 0.3) is 0 Å². The summed E-state index contributed by atoms with van der Waals surface area (Å²) < 4.78 is 31.9. The van der Waals surface area contributed by atoms with Crippen LogP contribution in [0, 0.1) is 6.92 Å². The van der Waals surface area contributed by atoms with Crippen LogP contribution < -0.4 is 10.1 Å². The van der Waals surface area contributed by atoms with Crippen molar-refractivity contribution in [2.75, 3.05) is 19.7 Å². The molecule has 1 N–H and O–H groups in total. The van der Waals surface area contributed by atoms with Crippen LogP contribution in [0.25, 0.3) is 0 Å². The minimum atomic E-state index is -3.46. The molecule has 0 aromatic heterocycles. The molecule has 2 rings (SSSR count). The highest BCUT2D eigenvalue weighted by molar-refractivity contribution is 7.89. The number of hydrogen-bond acceptors (Lipinski definition) is 4. The zero-order valence-electron chi connectivity index (χ0n) is 16.6. The largest absolute Gasteiger partial charge is 0.493 e. The van der Waals surface area contributed by atoms with Gasteiger partial charge in [-0.3, -0.25) is 4.79 Å². The van der Waals surface area contributed by atoms with Crippen LogP contribution >= 0.6 is 0 Å². The number of nitrogens with one attached hydrogen (secondary N) is 1. The lowest BCUT2D eigenvalue weighted by Crippen LogP contribution is -2.30. The van der Waals surface area contributed by atoms with Gasteiger partial charge >= 0.3 is 0 Å². The highest BCUT2D eigenvalue weighted by Gasteiger charge is 2.21. The van der Waals surface area contributed by atoms with Gasteiger partial charge in [0.05, 0.1) is 17.9 Å². The molecule has 0 unspecified atom stereocenters. The maximum absolute atomic E-state index is 12.5. The number of amides is 1. The van der Waals surface area contributed by atoms with Crippen molar-refractivity contribution in [2.45, 2.75) is 38.6 Å². The van der Waals surface area contributed by atoms with E-state index in [0.29, 0.717) is 26.2 Å². The van der Waals surface area contributed by atoms with Crippen molar-refractivity contribution in [1.29, 1.82) is 0 Å². The maximum atomic E-state index is 12.5. The Kier molecular flexibility index (Phi) is 8.02. The topological polar surface area (TPSA) is 75.7 Å². The smallest absolute Gasteiger partial charge is 0.243 e. The number of ether oxygens (including phenoxy) is 1. The van der Waals surface area contributed by atoms with Gasteiger partial charge in [-0.25, -0.2) is 8.42 Å². The second-order valence-electron chi connectivity index (χ2n) is 6.42. The number of benzene rings is 2. The third kappa shape index (κ3) is 6.07. The van der Waals surface area contributed by atoms with Gasteiger partial charge in [-0.15, -0.1) is 0 Å². The van der Waals surface area contributed by atoms with Crippen molar-refractivity contribution >= 4 is 15.9 Å². The van der Waals surface area contributed by atoms with Gasteiger partial charge in [-0.1, -0.05) is 38.1 Å². The molecule has 7 heteroatoms. The van der Waals surface area contributed by atoms with Crippen LogP contribution in [-0.2, 0) is 21.4 Å². The van der Waals surface area contributed by atoms with Gasteiger partial charge in [0.2, 0.25) is 15.9 Å². The monoisotopic (exact) mass is 404 g/mol. The Balaban J connectivity index is 1.81. The first-order valence-corrected chi connectivity index (χ1v) is 10.9. The molecule has 28 heavy (non-hydrogen) atoms. The lowest BCUT2D eigenvalue weighted by atomic mass is 10.2. The SMILES string of the molecule is CCN(CC)S(=O)(=O)c1ccc(CNC(=O)CCOc2cccc(C)c2)cc1. The molecule has 0 aliphatic rings. The van der Waals surface area contributed by atoms with E-state index in [1.807, 2.05) is 45.0 Å². The summed E-state index contributed by atoms with van der Waals surface area (Å²) in [6.07, 6.45) is 0.252. The van der Waals surface area contributed by atoms with Crippen molar-refractivity contribution < 1.29 is 17.9 Å². The van der Waals surface area contributed by atoms with Gasteiger partial charge in [0.15, 0.2) is 0 Å². The van der Waals surface area contributed by atoms with E-state index < -0.39 is 10.0 Å². The quantitative estimate of drug-likeness (QED) is 0.660. The molecule has 2 aromatic carbocycles. The molecule has 1 amide bonds. The number of carbonyl (C=O) groups excluding carboxylic acids is 1. The van der Waals surface area contributed by atoms with Gasteiger partial charge in [-0.05, 0) is 42.3 Å². The standard InChI is InChI=1S/C21H28N2O4S/c1-4-23(5-2)28(25,26)20-11-9-18(10-12-20)16-22-21(24)13-14-27-19-8-6-7-17(3)15-19/h6-12,15H,4-5,13-14,16H2,1-3H3,(H,22,24). The van der Waals surface area contributed by atoms with Crippen LogP contribution in [-0.4, -0.2) is 38.3 Å². The molecule has 152 valence electrons. The second kappa shape index (κ2) is 10.2. The van der Waals surface area contributed by atoms with E-state index in [-0.39, 0.29) is 17.2 Å². The number of nitrogens with zero attached hydrogens (tertiary/aromatic N) is 1. The molecule has 0 aliphatic carbocycles. The molecule has 0 saturated carbocycles. The van der Waals surface area contributed by atoms with Crippen LogP contribution in [0.4, 0.5) is 0 Å². The number of aryl methyl sites for hydroxylation is 1. The van der Waals surface area contributed by atoms with Crippen LogP contribution in [0.5, 0.6) is 5.75 Å². The molecule has 0 heterocycles. The van der Waals surface area contributed by atoms with E-state index in [2.05, 4.69) is 5.32 Å². The van der Waals surface area contributed by atoms with Crippen molar-refractivity contribution in [3.63, 3.8) is 0 Å². The maximum Gasteiger partial charge on any atom is 0.243 e. The highest BCUT2D eigenvalue weighted by atomic mass is 32.2. The Hall–Kier alpha value is -2.38. The Morgan fingerprint density at radius 2 is 1.75 bits per heavy atom. The fraction of sp³-hybridized carbons (Fsp3) is 0.381. The Bertz CT molecular complexity index is 876.